The third-order valence-electron chi connectivity index (χ3n) is 3.05. The van der Waals surface area contributed by atoms with Gasteiger partial charge in [0.1, 0.15) is 5.82 Å². The SMILES string of the molecule is CC(Cl)c1nc2ccccc2n1-c1cc(Cl)cc(Cl)c1. The van der Waals surface area contributed by atoms with Crippen molar-refractivity contribution in [2.24, 2.45) is 0 Å². The number of aromatic nitrogens is 2. The highest BCUT2D eigenvalue weighted by Crippen LogP contribution is 2.30. The van der Waals surface area contributed by atoms with Crippen LogP contribution in [0.3, 0.4) is 0 Å². The van der Waals surface area contributed by atoms with Crippen LogP contribution in [0, 0.1) is 0 Å². The molecule has 0 amide bonds. The number of alkyl halides is 1. The van der Waals surface area contributed by atoms with Crippen LogP contribution in [0.15, 0.2) is 42.5 Å². The van der Waals surface area contributed by atoms with E-state index in [9.17, 15) is 0 Å². The summed E-state index contributed by atoms with van der Waals surface area (Å²) in [4.78, 5) is 4.59. The van der Waals surface area contributed by atoms with Crippen molar-refractivity contribution in [3.63, 3.8) is 0 Å². The van der Waals surface area contributed by atoms with Crippen LogP contribution in [0.2, 0.25) is 10.0 Å². The molecule has 1 aromatic heterocycles. The van der Waals surface area contributed by atoms with Crippen molar-refractivity contribution < 1.29 is 0 Å². The standard InChI is InChI=1S/C15H11Cl3N2/c1-9(16)15-19-13-4-2-3-5-14(13)20(15)12-7-10(17)6-11(18)8-12/h2-9H,1H3. The predicted molar refractivity (Wildman–Crippen MR) is 85.4 cm³/mol. The van der Waals surface area contributed by atoms with Crippen LogP contribution in [0.25, 0.3) is 16.7 Å². The summed E-state index contributed by atoms with van der Waals surface area (Å²) in [7, 11) is 0. The predicted octanol–water partition coefficient (Wildman–Crippen LogP) is 5.63. The number of benzene rings is 2. The van der Waals surface area contributed by atoms with E-state index in [1.165, 1.54) is 0 Å². The van der Waals surface area contributed by atoms with E-state index in [4.69, 9.17) is 34.8 Å². The Balaban J connectivity index is 2.36. The summed E-state index contributed by atoms with van der Waals surface area (Å²) in [6.45, 7) is 1.89. The zero-order chi connectivity index (χ0) is 14.3. The van der Waals surface area contributed by atoms with Crippen molar-refractivity contribution >= 4 is 45.8 Å². The number of fused-ring (bicyclic) bond motifs is 1. The summed E-state index contributed by atoms with van der Waals surface area (Å²) in [5.74, 6) is 0.770. The van der Waals surface area contributed by atoms with E-state index in [0.717, 1.165) is 22.5 Å². The Bertz CT molecular complexity index is 758. The Labute approximate surface area is 131 Å². The van der Waals surface area contributed by atoms with Crippen LogP contribution in [-0.4, -0.2) is 9.55 Å². The first kappa shape index (κ1) is 13.7. The van der Waals surface area contributed by atoms with Crippen LogP contribution < -0.4 is 0 Å². The van der Waals surface area contributed by atoms with E-state index in [2.05, 4.69) is 4.98 Å². The Morgan fingerprint density at radius 2 is 1.70 bits per heavy atom. The summed E-state index contributed by atoms with van der Waals surface area (Å²) in [6, 6.07) is 13.3. The molecule has 0 spiro atoms. The largest absolute Gasteiger partial charge is 0.295 e. The molecule has 1 atom stereocenters. The number of halogens is 3. The van der Waals surface area contributed by atoms with Gasteiger partial charge < -0.3 is 0 Å². The minimum atomic E-state index is -0.222. The van der Waals surface area contributed by atoms with Gasteiger partial charge in [-0.1, -0.05) is 35.3 Å². The highest BCUT2D eigenvalue weighted by molar-refractivity contribution is 6.34. The highest BCUT2D eigenvalue weighted by atomic mass is 35.5. The lowest BCUT2D eigenvalue weighted by molar-refractivity contribution is 0.882. The van der Waals surface area contributed by atoms with Crippen molar-refractivity contribution in [3.8, 4) is 5.69 Å². The van der Waals surface area contributed by atoms with E-state index < -0.39 is 0 Å². The molecule has 102 valence electrons. The first-order chi connectivity index (χ1) is 9.56. The zero-order valence-electron chi connectivity index (χ0n) is 10.6. The molecule has 0 saturated heterocycles. The fraction of sp³-hybridized carbons (Fsp3) is 0.133. The molecule has 1 heterocycles. The Morgan fingerprint density at radius 1 is 1.05 bits per heavy atom. The molecule has 0 bridgehead atoms. The molecule has 0 radical (unpaired) electrons. The van der Waals surface area contributed by atoms with Gasteiger partial charge in [-0.3, -0.25) is 4.57 Å². The fourth-order valence-electron chi connectivity index (χ4n) is 2.25. The molecule has 0 aliphatic carbocycles. The third kappa shape index (κ3) is 2.39. The molecule has 0 saturated carbocycles. The number of rotatable bonds is 2. The molecule has 3 aromatic rings. The second-order valence-corrected chi connectivity index (χ2v) is 6.07. The van der Waals surface area contributed by atoms with Gasteiger partial charge in [-0.15, -0.1) is 11.6 Å². The van der Waals surface area contributed by atoms with E-state index in [0.29, 0.717) is 10.0 Å². The monoisotopic (exact) mass is 324 g/mol. The number of hydrogen-bond donors (Lipinski definition) is 0. The summed E-state index contributed by atoms with van der Waals surface area (Å²) >= 11 is 18.5. The third-order valence-corrected chi connectivity index (χ3v) is 3.68. The molecule has 5 heteroatoms. The molecular formula is C15H11Cl3N2. The van der Waals surface area contributed by atoms with Crippen molar-refractivity contribution in [1.29, 1.82) is 0 Å². The summed E-state index contributed by atoms with van der Waals surface area (Å²) in [6.07, 6.45) is 0. The van der Waals surface area contributed by atoms with E-state index >= 15 is 0 Å². The first-order valence-electron chi connectivity index (χ1n) is 6.14. The maximum absolute atomic E-state index is 6.26. The van der Waals surface area contributed by atoms with E-state index in [1.54, 1.807) is 6.07 Å². The topological polar surface area (TPSA) is 17.8 Å². The summed E-state index contributed by atoms with van der Waals surface area (Å²) < 4.78 is 1.99. The summed E-state index contributed by atoms with van der Waals surface area (Å²) in [5.41, 5.74) is 2.73. The minimum absolute atomic E-state index is 0.222. The van der Waals surface area contributed by atoms with Crippen LogP contribution in [0.1, 0.15) is 18.1 Å². The van der Waals surface area contributed by atoms with Gasteiger partial charge in [0.25, 0.3) is 0 Å². The minimum Gasteiger partial charge on any atom is -0.295 e. The maximum Gasteiger partial charge on any atom is 0.132 e. The molecular weight excluding hydrogens is 315 g/mol. The molecule has 20 heavy (non-hydrogen) atoms. The number of imidazole rings is 1. The van der Waals surface area contributed by atoms with Crippen LogP contribution in [-0.2, 0) is 0 Å². The lowest BCUT2D eigenvalue weighted by atomic mass is 10.2. The molecule has 0 aliphatic heterocycles. The second kappa shape index (κ2) is 5.28. The molecule has 1 unspecified atom stereocenters. The van der Waals surface area contributed by atoms with Crippen molar-refractivity contribution in [2.45, 2.75) is 12.3 Å². The quantitative estimate of drug-likeness (QED) is 0.558. The van der Waals surface area contributed by atoms with E-state index in [-0.39, 0.29) is 5.38 Å². The number of para-hydroxylation sites is 2. The van der Waals surface area contributed by atoms with Gasteiger partial charge in [0.05, 0.1) is 22.1 Å². The van der Waals surface area contributed by atoms with Gasteiger partial charge in [-0.05, 0) is 37.3 Å². The normalized spacial score (nSPS) is 12.8. The van der Waals surface area contributed by atoms with Gasteiger partial charge in [0.2, 0.25) is 0 Å². The molecule has 0 fully saturated rings. The average molecular weight is 326 g/mol. The van der Waals surface area contributed by atoms with Crippen molar-refractivity contribution in [2.75, 3.05) is 0 Å². The first-order valence-corrected chi connectivity index (χ1v) is 7.33. The average Bonchev–Trinajstić information content (AvgIpc) is 2.77. The molecule has 2 aromatic carbocycles. The van der Waals surface area contributed by atoms with Gasteiger partial charge in [0.15, 0.2) is 0 Å². The van der Waals surface area contributed by atoms with Crippen molar-refractivity contribution in [1.82, 2.24) is 9.55 Å². The fourth-order valence-corrected chi connectivity index (χ4v) is 2.91. The van der Waals surface area contributed by atoms with Gasteiger partial charge in [-0.2, -0.15) is 0 Å². The van der Waals surface area contributed by atoms with Crippen LogP contribution in [0.5, 0.6) is 0 Å². The van der Waals surface area contributed by atoms with Gasteiger partial charge in [0, 0.05) is 10.0 Å². The second-order valence-electron chi connectivity index (χ2n) is 4.54. The van der Waals surface area contributed by atoms with Crippen LogP contribution in [0.4, 0.5) is 0 Å². The molecule has 0 N–H and O–H groups in total. The smallest absolute Gasteiger partial charge is 0.132 e. The van der Waals surface area contributed by atoms with Crippen molar-refractivity contribution in [3.05, 3.63) is 58.3 Å². The molecule has 3 rings (SSSR count). The Morgan fingerprint density at radius 3 is 2.35 bits per heavy atom. The Kier molecular flexibility index (Phi) is 3.63. The molecule has 0 aliphatic rings. The highest BCUT2D eigenvalue weighted by Gasteiger charge is 2.16. The number of hydrogen-bond acceptors (Lipinski definition) is 1. The van der Waals surface area contributed by atoms with Gasteiger partial charge in [-0.25, -0.2) is 4.98 Å². The summed E-state index contributed by atoms with van der Waals surface area (Å²) in [5, 5.41) is 0.942. The van der Waals surface area contributed by atoms with E-state index in [1.807, 2.05) is 47.9 Å². The Hall–Kier alpha value is -1.22. The lowest BCUT2D eigenvalue weighted by Gasteiger charge is -2.11. The van der Waals surface area contributed by atoms with Crippen LogP contribution >= 0.6 is 34.8 Å². The lowest BCUT2D eigenvalue weighted by Crippen LogP contribution is -2.01. The van der Waals surface area contributed by atoms with Gasteiger partial charge >= 0.3 is 0 Å². The number of nitrogens with zero attached hydrogens (tertiary/aromatic N) is 2. The molecule has 2 nitrogen and oxygen atoms in total. The maximum atomic E-state index is 6.26. The zero-order valence-corrected chi connectivity index (χ0v) is 12.9.